The first-order chi connectivity index (χ1) is 6.64. The summed E-state index contributed by atoms with van der Waals surface area (Å²) in [5.74, 6) is 0. The van der Waals surface area contributed by atoms with E-state index in [1.165, 1.54) is 5.01 Å². The van der Waals surface area contributed by atoms with Crippen LogP contribution in [0.5, 0.6) is 0 Å². The van der Waals surface area contributed by atoms with Crippen LogP contribution in [-0.2, 0) is 5.54 Å². The van der Waals surface area contributed by atoms with Gasteiger partial charge in [0, 0.05) is 17.6 Å². The lowest BCUT2D eigenvalue weighted by Gasteiger charge is -2.33. The minimum atomic E-state index is 0.0856. The quantitative estimate of drug-likeness (QED) is 0.811. The Morgan fingerprint density at radius 2 is 2.07 bits per heavy atom. The molecule has 0 atom stereocenters. The average molecular weight is 212 g/mol. The normalized spacial score (nSPS) is 12.4. The van der Waals surface area contributed by atoms with Crippen LogP contribution in [0.15, 0.2) is 11.6 Å². The zero-order valence-electron chi connectivity index (χ0n) is 9.50. The van der Waals surface area contributed by atoms with Gasteiger partial charge in [0.25, 0.3) is 0 Å². The molecular weight excluding hydrogens is 192 g/mol. The molecule has 3 heteroatoms. The fourth-order valence-electron chi connectivity index (χ4n) is 1.83. The van der Waals surface area contributed by atoms with Gasteiger partial charge in [-0.25, -0.2) is 4.98 Å². The molecule has 0 aromatic carbocycles. The second-order valence-corrected chi connectivity index (χ2v) is 4.82. The standard InChI is InChI=1S/C11H20N2S/c1-5-11(6-2,13-9(3)4)10-12-7-8-14-10/h7-9,13H,5-6H2,1-4H3. The van der Waals surface area contributed by atoms with E-state index in [1.807, 2.05) is 6.20 Å². The predicted octanol–water partition coefficient (Wildman–Crippen LogP) is 3.16. The summed E-state index contributed by atoms with van der Waals surface area (Å²) < 4.78 is 0. The van der Waals surface area contributed by atoms with Gasteiger partial charge in [0.15, 0.2) is 0 Å². The Hall–Kier alpha value is -0.410. The summed E-state index contributed by atoms with van der Waals surface area (Å²) in [5.41, 5.74) is 0.0856. The Kier molecular flexibility index (Phi) is 4.08. The van der Waals surface area contributed by atoms with Crippen molar-refractivity contribution >= 4 is 11.3 Å². The molecule has 0 spiro atoms. The van der Waals surface area contributed by atoms with E-state index in [0.29, 0.717) is 6.04 Å². The molecule has 0 fully saturated rings. The summed E-state index contributed by atoms with van der Waals surface area (Å²) in [5, 5.41) is 6.91. The first-order valence-corrected chi connectivity index (χ1v) is 6.20. The molecule has 0 unspecified atom stereocenters. The zero-order chi connectivity index (χ0) is 10.6. The van der Waals surface area contributed by atoms with Gasteiger partial charge in [0.2, 0.25) is 0 Å². The number of hydrogen-bond donors (Lipinski definition) is 1. The molecule has 0 saturated carbocycles. The van der Waals surface area contributed by atoms with E-state index in [0.717, 1.165) is 12.8 Å². The number of rotatable bonds is 5. The molecule has 0 radical (unpaired) electrons. The van der Waals surface area contributed by atoms with Crippen molar-refractivity contribution in [1.82, 2.24) is 10.3 Å². The lowest BCUT2D eigenvalue weighted by atomic mass is 9.92. The SMILES string of the molecule is CCC(CC)(NC(C)C)c1nccs1. The maximum atomic E-state index is 4.44. The van der Waals surface area contributed by atoms with E-state index < -0.39 is 0 Å². The zero-order valence-corrected chi connectivity index (χ0v) is 10.3. The molecule has 80 valence electrons. The van der Waals surface area contributed by atoms with E-state index in [9.17, 15) is 0 Å². The van der Waals surface area contributed by atoms with Crippen molar-refractivity contribution in [2.24, 2.45) is 0 Å². The van der Waals surface area contributed by atoms with Crippen LogP contribution in [0.4, 0.5) is 0 Å². The van der Waals surface area contributed by atoms with Crippen molar-refractivity contribution in [2.75, 3.05) is 0 Å². The molecular formula is C11H20N2S. The van der Waals surface area contributed by atoms with Crippen molar-refractivity contribution in [3.63, 3.8) is 0 Å². The third kappa shape index (κ3) is 2.34. The van der Waals surface area contributed by atoms with Crippen LogP contribution in [0.25, 0.3) is 0 Å². The third-order valence-corrected chi connectivity index (χ3v) is 3.59. The van der Waals surface area contributed by atoms with Crippen molar-refractivity contribution < 1.29 is 0 Å². The topological polar surface area (TPSA) is 24.9 Å². The molecule has 0 aliphatic heterocycles. The summed E-state index contributed by atoms with van der Waals surface area (Å²) in [6.45, 7) is 8.82. The molecule has 1 heterocycles. The van der Waals surface area contributed by atoms with Crippen LogP contribution >= 0.6 is 11.3 Å². The van der Waals surface area contributed by atoms with Crippen LogP contribution < -0.4 is 5.32 Å². The second-order valence-electron chi connectivity index (χ2n) is 3.93. The number of hydrogen-bond acceptors (Lipinski definition) is 3. The van der Waals surface area contributed by atoms with E-state index in [-0.39, 0.29) is 5.54 Å². The molecule has 1 aromatic rings. The molecule has 1 N–H and O–H groups in total. The second kappa shape index (κ2) is 4.89. The van der Waals surface area contributed by atoms with Crippen molar-refractivity contribution in [3.05, 3.63) is 16.6 Å². The van der Waals surface area contributed by atoms with Crippen LogP contribution in [-0.4, -0.2) is 11.0 Å². The van der Waals surface area contributed by atoms with Crippen molar-refractivity contribution in [2.45, 2.75) is 52.1 Å². The van der Waals surface area contributed by atoms with Gasteiger partial charge in [-0.05, 0) is 26.7 Å². The molecule has 0 bridgehead atoms. The van der Waals surface area contributed by atoms with Crippen LogP contribution in [0.2, 0.25) is 0 Å². The molecule has 0 saturated heterocycles. The molecule has 0 aliphatic rings. The van der Waals surface area contributed by atoms with Crippen LogP contribution in [0.1, 0.15) is 45.5 Å². The van der Waals surface area contributed by atoms with Gasteiger partial charge < -0.3 is 5.32 Å². The monoisotopic (exact) mass is 212 g/mol. The van der Waals surface area contributed by atoms with Gasteiger partial charge in [0.05, 0.1) is 5.54 Å². The minimum absolute atomic E-state index is 0.0856. The number of nitrogens with one attached hydrogen (secondary N) is 1. The number of aromatic nitrogens is 1. The van der Waals surface area contributed by atoms with E-state index in [4.69, 9.17) is 0 Å². The van der Waals surface area contributed by atoms with Gasteiger partial charge in [-0.1, -0.05) is 13.8 Å². The summed E-state index contributed by atoms with van der Waals surface area (Å²) in [6.07, 6.45) is 4.08. The summed E-state index contributed by atoms with van der Waals surface area (Å²) in [7, 11) is 0. The minimum Gasteiger partial charge on any atom is -0.303 e. The highest BCUT2D eigenvalue weighted by molar-refractivity contribution is 7.09. The lowest BCUT2D eigenvalue weighted by Crippen LogP contribution is -2.45. The maximum absolute atomic E-state index is 4.44. The maximum Gasteiger partial charge on any atom is 0.113 e. The Balaban J connectivity index is 2.91. The number of nitrogens with zero attached hydrogens (tertiary/aromatic N) is 1. The van der Waals surface area contributed by atoms with E-state index >= 15 is 0 Å². The third-order valence-electron chi connectivity index (χ3n) is 2.61. The van der Waals surface area contributed by atoms with Crippen molar-refractivity contribution in [1.29, 1.82) is 0 Å². The van der Waals surface area contributed by atoms with Gasteiger partial charge >= 0.3 is 0 Å². The van der Waals surface area contributed by atoms with Gasteiger partial charge in [-0.2, -0.15) is 0 Å². The average Bonchev–Trinajstić information content (AvgIpc) is 2.67. The lowest BCUT2D eigenvalue weighted by molar-refractivity contribution is 0.282. The fraction of sp³-hybridized carbons (Fsp3) is 0.727. The van der Waals surface area contributed by atoms with Gasteiger partial charge in [-0.3, -0.25) is 0 Å². The first kappa shape index (κ1) is 11.7. The smallest absolute Gasteiger partial charge is 0.113 e. The molecule has 0 amide bonds. The Morgan fingerprint density at radius 3 is 2.43 bits per heavy atom. The largest absolute Gasteiger partial charge is 0.303 e. The van der Waals surface area contributed by atoms with Crippen LogP contribution in [0.3, 0.4) is 0 Å². The van der Waals surface area contributed by atoms with Crippen molar-refractivity contribution in [3.8, 4) is 0 Å². The molecule has 2 nitrogen and oxygen atoms in total. The Bertz CT molecular complexity index is 250. The van der Waals surface area contributed by atoms with Gasteiger partial charge in [0.1, 0.15) is 5.01 Å². The summed E-state index contributed by atoms with van der Waals surface area (Å²) >= 11 is 1.75. The summed E-state index contributed by atoms with van der Waals surface area (Å²) in [4.78, 5) is 4.44. The molecule has 1 aromatic heterocycles. The highest BCUT2D eigenvalue weighted by atomic mass is 32.1. The molecule has 0 aliphatic carbocycles. The molecule has 1 rings (SSSR count). The molecule has 14 heavy (non-hydrogen) atoms. The Labute approximate surface area is 90.8 Å². The Morgan fingerprint density at radius 1 is 1.43 bits per heavy atom. The van der Waals surface area contributed by atoms with Gasteiger partial charge in [-0.15, -0.1) is 11.3 Å². The fourth-order valence-corrected chi connectivity index (χ4v) is 2.78. The predicted molar refractivity (Wildman–Crippen MR) is 62.6 cm³/mol. The van der Waals surface area contributed by atoms with Crippen LogP contribution in [0, 0.1) is 0 Å². The number of thiazole rings is 1. The van der Waals surface area contributed by atoms with E-state index in [2.05, 4.69) is 43.4 Å². The van der Waals surface area contributed by atoms with E-state index in [1.54, 1.807) is 11.3 Å². The first-order valence-electron chi connectivity index (χ1n) is 5.32. The highest BCUT2D eigenvalue weighted by Crippen LogP contribution is 2.30. The highest BCUT2D eigenvalue weighted by Gasteiger charge is 2.30. The summed E-state index contributed by atoms with van der Waals surface area (Å²) in [6, 6.07) is 0.499.